The smallest absolute Gasteiger partial charge is 0.302 e. The average Bonchev–Trinajstić information content (AvgIpc) is 1.33. The number of fused-ring (bicyclic) bond motifs is 4. The summed E-state index contributed by atoms with van der Waals surface area (Å²) in [6.45, 7) is 7.71. The molecule has 0 bridgehead atoms. The molecule has 96 heavy (non-hydrogen) atoms. The van der Waals surface area contributed by atoms with E-state index in [0.29, 0.717) is 39.7 Å². The molecule has 8 aromatic heterocycles. The van der Waals surface area contributed by atoms with Crippen LogP contribution in [0.3, 0.4) is 0 Å². The number of hydrogen-bond donors (Lipinski definition) is 4. The summed E-state index contributed by atoms with van der Waals surface area (Å²) in [5.41, 5.74) is 2.74. The number of piperidine rings is 4. The van der Waals surface area contributed by atoms with Crippen molar-refractivity contribution in [2.24, 2.45) is 23.6 Å². The summed E-state index contributed by atoms with van der Waals surface area (Å²) >= 11 is 0. The fourth-order valence-corrected chi connectivity index (χ4v) is 11.4. The van der Waals surface area contributed by atoms with Gasteiger partial charge in [-0.25, -0.2) is 66.2 Å². The lowest BCUT2D eigenvalue weighted by molar-refractivity contribution is -0.131. The monoisotopic (exact) mass is 1340 g/mol. The van der Waals surface area contributed by atoms with Crippen molar-refractivity contribution < 1.29 is 63.0 Å². The Balaban J connectivity index is 0.000000193. The van der Waals surface area contributed by atoms with Crippen LogP contribution in [0.25, 0.3) is 63.5 Å². The van der Waals surface area contributed by atoms with Gasteiger partial charge in [-0.15, -0.1) is 0 Å². The van der Waals surface area contributed by atoms with Crippen LogP contribution in [-0.2, 0) is 19.2 Å². The number of anilines is 4. The molecule has 0 unspecified atom stereocenters. The first-order valence-corrected chi connectivity index (χ1v) is 29.7. The highest BCUT2D eigenvalue weighted by Gasteiger charge is 2.38. The molecule has 4 amide bonds. The van der Waals surface area contributed by atoms with Gasteiger partial charge in [0.25, 0.3) is 26.0 Å². The number of likely N-dealkylation sites (tertiary alicyclic amines) is 4. The molecule has 8 atom stereocenters. The fraction of sp³-hybridized carbons (Fsp3) is 0.529. The molecular formula is C68H88N24O4. The third kappa shape index (κ3) is 15.8. The first kappa shape index (κ1) is 38.8. The molecule has 0 spiro atoms. The largest absolute Gasteiger partial charge is 0.354 e. The molecule has 4 fully saturated rings. The van der Waals surface area contributed by atoms with Crippen molar-refractivity contribution in [1.82, 2.24) is 79.4 Å². The summed E-state index contributed by atoms with van der Waals surface area (Å²) in [5, 5.41) is 0.560. The minimum atomic E-state index is -3.06. The minimum Gasteiger partial charge on any atom is -0.354 e. The van der Waals surface area contributed by atoms with E-state index in [1.807, 2.05) is 6.92 Å². The van der Waals surface area contributed by atoms with Crippen LogP contribution in [0.4, 0.5) is 23.3 Å². The predicted octanol–water partition coefficient (Wildman–Crippen LogP) is 7.44. The number of likely N-dealkylation sites (N-methyl/N-ethyl adjacent to an activating group) is 4. The molecule has 0 saturated carbocycles. The Morgan fingerprint density at radius 3 is 1.05 bits per heavy atom. The molecule has 12 rings (SSSR count). The summed E-state index contributed by atoms with van der Waals surface area (Å²) in [6.07, 6.45) is 4.38. The molecule has 4 aliphatic rings. The van der Waals surface area contributed by atoms with Gasteiger partial charge in [0.15, 0.2) is 0 Å². The lowest BCUT2D eigenvalue weighted by Crippen LogP contribution is -2.53. The van der Waals surface area contributed by atoms with Gasteiger partial charge in [0.05, 0.1) is 51.2 Å². The number of nitrogens with one attached hydrogen (secondary N) is 4. The molecule has 12 heterocycles. The van der Waals surface area contributed by atoms with Crippen molar-refractivity contribution in [3.63, 3.8) is 0 Å². The molecule has 4 aliphatic heterocycles. The SMILES string of the molecule is [2H]c1c(C)[nH]c2ncnc(N([C@H]3CN(C(=O)C([2H])([2H])[N+]#[C-])CC[C@@]3([2H])C([2H])([2H])[2H])C([2H])([2H])[2H])c12.[2H]c1c(C)[nH]c2ncnc(N([C@H]3CN(C(=O)C([2H])([2H])[N+]#[C-])CC[C@@]3([2H])C)C([2H])([2H])[2H])c12.[2H]c1c(C)[nH]c2ncnc(N([C@H]3CN(C(=O)C([2H])([2H])[N+]#[C-])CC[C@H]3C([2H])([2H])[2H])C([2H])([2H])[2H])c12.[2H]c1c(C)[nH]c2ncnc(N([C@H]3CN(C(=O)C([2H])([2H])[N+]#[C-])CC[C@H]3C)C([2H])([2H])[2H])c12. The van der Waals surface area contributed by atoms with Crippen molar-refractivity contribution in [3.05, 3.63) is 118 Å². The zero-order chi connectivity index (χ0) is 96.6. The van der Waals surface area contributed by atoms with Crippen LogP contribution in [0.2, 0.25) is 0 Å². The van der Waals surface area contributed by atoms with Crippen LogP contribution >= 0.6 is 0 Å². The van der Waals surface area contributed by atoms with Crippen molar-refractivity contribution in [2.75, 3.05) is 126 Å². The normalized spacial score (nSPS) is 28.6. The Hall–Kier alpha value is -10.5. The lowest BCUT2D eigenvalue weighted by Gasteiger charge is -2.41. The molecular weight excluding hydrogens is 1220 g/mol. The number of hydrogen-bond acceptors (Lipinski definition) is 16. The first-order chi connectivity index (χ1) is 58.6. The number of aromatic nitrogens is 12. The van der Waals surface area contributed by atoms with Crippen molar-refractivity contribution in [1.29, 1.82) is 0 Å². The number of rotatable bonds is 12. The van der Waals surface area contributed by atoms with Gasteiger partial charge in [-0.05, 0) is 101 Å². The number of amides is 4. The van der Waals surface area contributed by atoms with Gasteiger partial charge in [0.1, 0.15) is 82.1 Å². The van der Waals surface area contributed by atoms with Gasteiger partial charge in [0.2, 0.25) is 0 Å². The van der Waals surface area contributed by atoms with Crippen molar-refractivity contribution in [3.8, 4) is 0 Å². The highest BCUT2D eigenvalue weighted by Crippen LogP contribution is 2.34. The zero-order valence-electron chi connectivity index (χ0n) is 84.8. The second-order valence-electron chi connectivity index (χ2n) is 22.8. The van der Waals surface area contributed by atoms with Crippen LogP contribution in [-0.4, -0.2) is 233 Å². The van der Waals surface area contributed by atoms with E-state index in [0.717, 1.165) is 48.4 Å². The molecule has 504 valence electrons. The maximum atomic E-state index is 12.7. The Bertz CT molecular complexity index is 5690. The maximum absolute atomic E-state index is 12.7. The molecule has 0 aromatic carbocycles. The van der Waals surface area contributed by atoms with Crippen LogP contribution in [0.5, 0.6) is 0 Å². The first-order valence-electron chi connectivity index (χ1n) is 45.7. The second kappa shape index (κ2) is 31.2. The fourth-order valence-electron chi connectivity index (χ4n) is 11.4. The number of H-pyrrole nitrogens is 4. The number of carbonyl (C=O) groups excluding carboxylic acids is 4. The molecule has 4 saturated heterocycles. The molecule has 0 radical (unpaired) electrons. The zero-order valence-corrected chi connectivity index (χ0v) is 52.8. The predicted molar refractivity (Wildman–Crippen MR) is 371 cm³/mol. The van der Waals surface area contributed by atoms with Crippen LogP contribution in [0, 0.1) is 77.6 Å². The van der Waals surface area contributed by atoms with Gasteiger partial charge in [0, 0.05) is 130 Å². The Morgan fingerprint density at radius 1 is 0.458 bits per heavy atom. The summed E-state index contributed by atoms with van der Waals surface area (Å²) in [5.74, 6) is -10.0. The standard InChI is InChI=1S/4C17H22N6O/c4*1-11-5-6-23(15(24)8-18-3)9-14(11)22(4)17-13-7-12(2)21-16(13)19-10-20-17/h4*7,10-11,14H,5-6,8-9H2,1-2,4H3,(H,19,20,21)/t4*11-,14+/m1111/s1/i1D3,4D3,7D,8D2,11D;4D3,7D,8D2,11D;1D3,4D3,7D,8D2;4D3,7D,8D2. The molecule has 8 aromatic rings. The van der Waals surface area contributed by atoms with E-state index in [9.17, 15) is 19.2 Å². The molecule has 0 aliphatic carbocycles. The Kier molecular flexibility index (Phi) is 12.6. The van der Waals surface area contributed by atoms with Gasteiger partial charge in [-0.3, -0.25) is 19.2 Å². The van der Waals surface area contributed by atoms with Gasteiger partial charge < -0.3 is 78.5 Å². The summed E-state index contributed by atoms with van der Waals surface area (Å²) < 4.78 is 258. The number of aryl methyl sites for hydroxylation is 4. The summed E-state index contributed by atoms with van der Waals surface area (Å²) in [7, 11) is 0. The third-order valence-corrected chi connectivity index (χ3v) is 16.4. The van der Waals surface area contributed by atoms with E-state index in [-0.39, 0.29) is 144 Å². The average molecular weight is 1340 g/mol. The summed E-state index contributed by atoms with van der Waals surface area (Å²) in [4.78, 5) is 113. The van der Waals surface area contributed by atoms with E-state index >= 15 is 0 Å². The van der Waals surface area contributed by atoms with Gasteiger partial charge in [-0.2, -0.15) is 0 Å². The second-order valence-corrected chi connectivity index (χ2v) is 22.8. The number of carbonyl (C=O) groups is 4. The van der Waals surface area contributed by atoms with Crippen LogP contribution in [0.15, 0.2) is 49.5 Å². The van der Waals surface area contributed by atoms with Crippen LogP contribution in [0.1, 0.15) is 120 Å². The maximum Gasteiger partial charge on any atom is 0.302 e. The number of aromatic amines is 4. The van der Waals surface area contributed by atoms with E-state index in [4.69, 9.17) is 70.2 Å². The highest BCUT2D eigenvalue weighted by molar-refractivity contribution is 5.91. The Morgan fingerprint density at radius 2 is 0.740 bits per heavy atom. The molecule has 28 nitrogen and oxygen atoms in total. The topological polar surface area (TPSA) is 278 Å². The third-order valence-electron chi connectivity index (χ3n) is 16.4. The van der Waals surface area contributed by atoms with Gasteiger partial charge in [-0.1, -0.05) is 27.6 Å². The van der Waals surface area contributed by atoms with E-state index in [1.54, 1.807) is 34.6 Å². The molecule has 4 N–H and O–H groups in total. The van der Waals surface area contributed by atoms with E-state index in [2.05, 4.69) is 79.2 Å². The van der Waals surface area contributed by atoms with Gasteiger partial charge >= 0.3 is 23.6 Å². The van der Waals surface area contributed by atoms with Crippen molar-refractivity contribution >= 4 is 91.0 Å². The Labute approximate surface area is 605 Å². The molecule has 28 heteroatoms. The van der Waals surface area contributed by atoms with E-state index < -0.39 is 153 Å². The van der Waals surface area contributed by atoms with Crippen LogP contribution < -0.4 is 19.6 Å². The quantitative estimate of drug-likeness (QED) is 0.0865. The van der Waals surface area contributed by atoms with E-state index in [1.165, 1.54) is 11.2 Å². The van der Waals surface area contributed by atoms with Crippen molar-refractivity contribution in [2.45, 2.75) is 105 Å². The minimum absolute atomic E-state index is 0.00366. The number of nitrogens with zero attached hydrogens (tertiary/aromatic N) is 20. The summed E-state index contributed by atoms with van der Waals surface area (Å²) in [6, 6.07) is -4.89. The lowest BCUT2D eigenvalue weighted by atomic mass is 9.92. The highest BCUT2D eigenvalue weighted by atomic mass is 16.2.